The number of nitrogens with zero attached hydrogens (tertiary/aromatic N) is 2. The first-order valence-electron chi connectivity index (χ1n) is 7.92. The zero-order valence-electron chi connectivity index (χ0n) is 12.5. The standard InChI is InChI=1S/C15H31N3/c1-4-16-14-6-5-7-15(12-14)18-10-8-17(9-11-18)13(2)3/h13-16H,4-12H2,1-3H3. The number of rotatable bonds is 4. The Morgan fingerprint density at radius 3 is 2.44 bits per heavy atom. The Kier molecular flexibility index (Phi) is 5.46. The van der Waals surface area contributed by atoms with E-state index in [9.17, 15) is 0 Å². The Balaban J connectivity index is 1.78. The Labute approximate surface area is 113 Å². The van der Waals surface area contributed by atoms with Gasteiger partial charge in [0.05, 0.1) is 0 Å². The van der Waals surface area contributed by atoms with Gasteiger partial charge in [-0.05, 0) is 39.7 Å². The number of piperazine rings is 1. The van der Waals surface area contributed by atoms with Crippen molar-refractivity contribution in [3.05, 3.63) is 0 Å². The van der Waals surface area contributed by atoms with Crippen LogP contribution in [0, 0.1) is 0 Å². The molecule has 0 aromatic rings. The van der Waals surface area contributed by atoms with Crippen molar-refractivity contribution in [1.82, 2.24) is 15.1 Å². The Morgan fingerprint density at radius 1 is 1.11 bits per heavy atom. The van der Waals surface area contributed by atoms with E-state index in [4.69, 9.17) is 0 Å². The molecule has 0 aromatic heterocycles. The van der Waals surface area contributed by atoms with Gasteiger partial charge < -0.3 is 5.32 Å². The molecule has 0 bridgehead atoms. The Bertz CT molecular complexity index is 232. The SMILES string of the molecule is CCNC1CCCC(N2CCN(C(C)C)CC2)C1. The van der Waals surface area contributed by atoms with Crippen molar-refractivity contribution in [2.45, 2.75) is 64.6 Å². The molecule has 18 heavy (non-hydrogen) atoms. The third kappa shape index (κ3) is 3.69. The van der Waals surface area contributed by atoms with Crippen LogP contribution in [0.4, 0.5) is 0 Å². The highest BCUT2D eigenvalue weighted by Gasteiger charge is 2.29. The van der Waals surface area contributed by atoms with E-state index in [0.717, 1.165) is 18.6 Å². The number of hydrogen-bond acceptors (Lipinski definition) is 3. The maximum Gasteiger partial charge on any atom is 0.0113 e. The maximum absolute atomic E-state index is 3.64. The van der Waals surface area contributed by atoms with E-state index in [1.165, 1.54) is 51.9 Å². The molecule has 1 aliphatic heterocycles. The summed E-state index contributed by atoms with van der Waals surface area (Å²) in [6.45, 7) is 13.1. The summed E-state index contributed by atoms with van der Waals surface area (Å²) in [5, 5.41) is 3.64. The highest BCUT2D eigenvalue weighted by atomic mass is 15.3. The normalized spacial score (nSPS) is 32.0. The summed E-state index contributed by atoms with van der Waals surface area (Å²) >= 11 is 0. The van der Waals surface area contributed by atoms with Gasteiger partial charge in [-0.1, -0.05) is 13.3 Å². The van der Waals surface area contributed by atoms with Gasteiger partial charge in [-0.3, -0.25) is 9.80 Å². The summed E-state index contributed by atoms with van der Waals surface area (Å²) in [6, 6.07) is 2.34. The van der Waals surface area contributed by atoms with Crippen LogP contribution in [0.25, 0.3) is 0 Å². The molecule has 0 aromatic carbocycles. The highest BCUT2D eigenvalue weighted by Crippen LogP contribution is 2.24. The Morgan fingerprint density at radius 2 is 1.83 bits per heavy atom. The fourth-order valence-corrected chi connectivity index (χ4v) is 3.59. The van der Waals surface area contributed by atoms with Crippen molar-refractivity contribution in [2.75, 3.05) is 32.7 Å². The minimum Gasteiger partial charge on any atom is -0.314 e. The van der Waals surface area contributed by atoms with Crippen molar-refractivity contribution >= 4 is 0 Å². The second-order valence-electron chi connectivity index (χ2n) is 6.24. The van der Waals surface area contributed by atoms with Crippen molar-refractivity contribution in [3.8, 4) is 0 Å². The van der Waals surface area contributed by atoms with Gasteiger partial charge in [0.15, 0.2) is 0 Å². The van der Waals surface area contributed by atoms with Gasteiger partial charge in [-0.2, -0.15) is 0 Å². The second-order valence-corrected chi connectivity index (χ2v) is 6.24. The monoisotopic (exact) mass is 253 g/mol. The molecule has 3 heteroatoms. The lowest BCUT2D eigenvalue weighted by molar-refractivity contribution is 0.0587. The minimum atomic E-state index is 0.716. The molecule has 0 spiro atoms. The summed E-state index contributed by atoms with van der Waals surface area (Å²) in [5.74, 6) is 0. The van der Waals surface area contributed by atoms with Crippen molar-refractivity contribution < 1.29 is 0 Å². The van der Waals surface area contributed by atoms with Gasteiger partial charge in [0.25, 0.3) is 0 Å². The first kappa shape index (κ1) is 14.3. The van der Waals surface area contributed by atoms with Crippen molar-refractivity contribution in [2.24, 2.45) is 0 Å². The molecule has 0 amide bonds. The number of hydrogen-bond donors (Lipinski definition) is 1. The molecule has 2 rings (SSSR count). The quantitative estimate of drug-likeness (QED) is 0.826. The van der Waals surface area contributed by atoms with Crippen molar-refractivity contribution in [3.63, 3.8) is 0 Å². The van der Waals surface area contributed by atoms with E-state index in [0.29, 0.717) is 6.04 Å². The molecule has 1 N–H and O–H groups in total. The van der Waals surface area contributed by atoms with Crippen molar-refractivity contribution in [1.29, 1.82) is 0 Å². The smallest absolute Gasteiger partial charge is 0.0113 e. The van der Waals surface area contributed by atoms with E-state index < -0.39 is 0 Å². The van der Waals surface area contributed by atoms with Crippen LogP contribution in [-0.2, 0) is 0 Å². The average Bonchev–Trinajstić information content (AvgIpc) is 2.39. The van der Waals surface area contributed by atoms with E-state index >= 15 is 0 Å². The third-order valence-electron chi connectivity index (χ3n) is 4.73. The maximum atomic E-state index is 3.64. The summed E-state index contributed by atoms with van der Waals surface area (Å²) in [4.78, 5) is 5.36. The van der Waals surface area contributed by atoms with Gasteiger partial charge >= 0.3 is 0 Å². The highest BCUT2D eigenvalue weighted by molar-refractivity contribution is 4.86. The van der Waals surface area contributed by atoms with Gasteiger partial charge in [-0.15, -0.1) is 0 Å². The molecule has 106 valence electrons. The van der Waals surface area contributed by atoms with E-state index in [-0.39, 0.29) is 0 Å². The minimum absolute atomic E-state index is 0.716. The molecule has 0 radical (unpaired) electrons. The molecule has 2 aliphatic rings. The zero-order valence-corrected chi connectivity index (χ0v) is 12.5. The third-order valence-corrected chi connectivity index (χ3v) is 4.73. The van der Waals surface area contributed by atoms with Crippen LogP contribution in [0.1, 0.15) is 46.5 Å². The lowest BCUT2D eigenvalue weighted by atomic mass is 9.89. The van der Waals surface area contributed by atoms with E-state index in [1.807, 2.05) is 0 Å². The topological polar surface area (TPSA) is 18.5 Å². The van der Waals surface area contributed by atoms with E-state index in [1.54, 1.807) is 0 Å². The van der Waals surface area contributed by atoms with Crippen LogP contribution in [0.15, 0.2) is 0 Å². The van der Waals surface area contributed by atoms with Crippen LogP contribution >= 0.6 is 0 Å². The van der Waals surface area contributed by atoms with Gasteiger partial charge in [0.2, 0.25) is 0 Å². The van der Waals surface area contributed by atoms with Gasteiger partial charge in [-0.25, -0.2) is 0 Å². The largest absolute Gasteiger partial charge is 0.314 e. The summed E-state index contributed by atoms with van der Waals surface area (Å²) in [5.41, 5.74) is 0. The van der Waals surface area contributed by atoms with Crippen LogP contribution in [-0.4, -0.2) is 60.6 Å². The summed E-state index contributed by atoms with van der Waals surface area (Å²) in [7, 11) is 0. The van der Waals surface area contributed by atoms with Crippen LogP contribution in [0.2, 0.25) is 0 Å². The molecule has 2 fully saturated rings. The zero-order chi connectivity index (χ0) is 13.0. The molecule has 1 heterocycles. The molecule has 3 nitrogen and oxygen atoms in total. The molecule has 1 aliphatic carbocycles. The predicted octanol–water partition coefficient (Wildman–Crippen LogP) is 1.93. The molecular weight excluding hydrogens is 222 g/mol. The first-order valence-corrected chi connectivity index (χ1v) is 7.92. The van der Waals surface area contributed by atoms with Gasteiger partial charge in [0.1, 0.15) is 0 Å². The molecule has 1 saturated carbocycles. The summed E-state index contributed by atoms with van der Waals surface area (Å²) < 4.78 is 0. The fraction of sp³-hybridized carbons (Fsp3) is 1.00. The van der Waals surface area contributed by atoms with Crippen LogP contribution < -0.4 is 5.32 Å². The summed E-state index contributed by atoms with van der Waals surface area (Å²) in [6.07, 6.45) is 5.59. The Hall–Kier alpha value is -0.120. The first-order chi connectivity index (χ1) is 8.70. The lowest BCUT2D eigenvalue weighted by Gasteiger charge is -2.43. The predicted molar refractivity (Wildman–Crippen MR) is 78.0 cm³/mol. The molecule has 2 unspecified atom stereocenters. The average molecular weight is 253 g/mol. The second kappa shape index (κ2) is 6.88. The van der Waals surface area contributed by atoms with E-state index in [2.05, 4.69) is 35.9 Å². The molecular formula is C15H31N3. The van der Waals surface area contributed by atoms with Crippen LogP contribution in [0.5, 0.6) is 0 Å². The van der Waals surface area contributed by atoms with Crippen LogP contribution in [0.3, 0.4) is 0 Å². The van der Waals surface area contributed by atoms with Gasteiger partial charge in [0, 0.05) is 44.3 Å². The molecule has 2 atom stereocenters. The fourth-order valence-electron chi connectivity index (χ4n) is 3.59. The molecule has 1 saturated heterocycles. The number of nitrogens with one attached hydrogen (secondary N) is 1. The lowest BCUT2D eigenvalue weighted by Crippen LogP contribution is -2.54.